The number of benzene rings is 1. The highest BCUT2D eigenvalue weighted by molar-refractivity contribution is 5.95. The SMILES string of the molecule is Nc1nc(-c2cccc(C(=O)NCCN3CCCCC3CO)c2)cc(=O)[nH]1. The number of carbonyl (C=O) groups excluding carboxylic acids is 1. The van der Waals surface area contributed by atoms with E-state index in [-0.39, 0.29) is 30.1 Å². The van der Waals surface area contributed by atoms with Crippen molar-refractivity contribution in [3.8, 4) is 11.3 Å². The second kappa shape index (κ2) is 8.79. The zero-order chi connectivity index (χ0) is 19.2. The van der Waals surface area contributed by atoms with Crippen LogP contribution >= 0.6 is 0 Å². The van der Waals surface area contributed by atoms with Gasteiger partial charge in [0.2, 0.25) is 5.95 Å². The molecule has 1 aliphatic heterocycles. The Morgan fingerprint density at radius 1 is 1.37 bits per heavy atom. The summed E-state index contributed by atoms with van der Waals surface area (Å²) in [6, 6.07) is 8.46. The maximum Gasteiger partial charge on any atom is 0.252 e. The number of nitrogens with two attached hydrogens (primary N) is 1. The lowest BCUT2D eigenvalue weighted by Gasteiger charge is -2.34. The van der Waals surface area contributed by atoms with E-state index in [0.29, 0.717) is 29.9 Å². The Bertz CT molecular complexity index is 851. The maximum absolute atomic E-state index is 12.5. The molecule has 1 saturated heterocycles. The second-order valence-electron chi connectivity index (χ2n) is 6.72. The van der Waals surface area contributed by atoms with Gasteiger partial charge in [0.25, 0.3) is 11.5 Å². The number of amides is 1. The molecule has 1 amide bonds. The van der Waals surface area contributed by atoms with E-state index in [0.717, 1.165) is 25.8 Å². The van der Waals surface area contributed by atoms with Gasteiger partial charge in [-0.15, -0.1) is 0 Å². The minimum atomic E-state index is -0.340. The van der Waals surface area contributed by atoms with E-state index in [9.17, 15) is 14.7 Å². The summed E-state index contributed by atoms with van der Waals surface area (Å²) in [7, 11) is 0. The van der Waals surface area contributed by atoms with Gasteiger partial charge in [0.05, 0.1) is 12.3 Å². The van der Waals surface area contributed by atoms with Gasteiger partial charge >= 0.3 is 0 Å². The van der Waals surface area contributed by atoms with Gasteiger partial charge < -0.3 is 16.2 Å². The first-order valence-corrected chi connectivity index (χ1v) is 9.17. The molecule has 27 heavy (non-hydrogen) atoms. The molecule has 2 heterocycles. The minimum absolute atomic E-state index is 0.0346. The molecule has 0 aliphatic carbocycles. The van der Waals surface area contributed by atoms with Crippen LogP contribution in [0.1, 0.15) is 29.6 Å². The molecular formula is C19H25N5O3. The fourth-order valence-corrected chi connectivity index (χ4v) is 3.42. The number of nitrogens with one attached hydrogen (secondary N) is 2. The monoisotopic (exact) mass is 371 g/mol. The fourth-order valence-electron chi connectivity index (χ4n) is 3.42. The van der Waals surface area contributed by atoms with Crippen molar-refractivity contribution >= 4 is 11.9 Å². The summed E-state index contributed by atoms with van der Waals surface area (Å²) in [5, 5.41) is 12.4. The predicted octanol–water partition coefficient (Wildman–Crippen LogP) is 0.596. The number of likely N-dealkylation sites (tertiary alicyclic amines) is 1. The predicted molar refractivity (Wildman–Crippen MR) is 103 cm³/mol. The molecule has 1 aliphatic rings. The highest BCUT2D eigenvalue weighted by Gasteiger charge is 2.21. The maximum atomic E-state index is 12.5. The van der Waals surface area contributed by atoms with Gasteiger partial charge in [0.15, 0.2) is 0 Å². The number of piperidine rings is 1. The normalized spacial score (nSPS) is 17.6. The Morgan fingerprint density at radius 2 is 2.22 bits per heavy atom. The summed E-state index contributed by atoms with van der Waals surface area (Å²) in [6.45, 7) is 2.33. The fraction of sp³-hybridized carbons (Fsp3) is 0.421. The highest BCUT2D eigenvalue weighted by atomic mass is 16.3. The summed E-state index contributed by atoms with van der Waals surface area (Å²) in [5.74, 6) is -0.153. The lowest BCUT2D eigenvalue weighted by atomic mass is 10.0. The second-order valence-corrected chi connectivity index (χ2v) is 6.72. The molecule has 2 aromatic rings. The molecule has 0 saturated carbocycles. The van der Waals surface area contributed by atoms with Gasteiger partial charge in [0, 0.05) is 36.3 Å². The number of anilines is 1. The molecule has 1 fully saturated rings. The number of hydrogen-bond donors (Lipinski definition) is 4. The number of aliphatic hydroxyl groups excluding tert-OH is 1. The van der Waals surface area contributed by atoms with Crippen LogP contribution in [0.5, 0.6) is 0 Å². The Balaban J connectivity index is 1.62. The first-order valence-electron chi connectivity index (χ1n) is 9.17. The van der Waals surface area contributed by atoms with Crippen molar-refractivity contribution in [3.63, 3.8) is 0 Å². The van der Waals surface area contributed by atoms with E-state index in [1.807, 2.05) is 0 Å². The average Bonchev–Trinajstić information content (AvgIpc) is 2.67. The van der Waals surface area contributed by atoms with E-state index in [2.05, 4.69) is 20.2 Å². The molecule has 5 N–H and O–H groups in total. The van der Waals surface area contributed by atoms with Crippen molar-refractivity contribution in [2.75, 3.05) is 32.0 Å². The summed E-state index contributed by atoms with van der Waals surface area (Å²) >= 11 is 0. The van der Waals surface area contributed by atoms with Crippen LogP contribution in [0, 0.1) is 0 Å². The van der Waals surface area contributed by atoms with Gasteiger partial charge in [-0.2, -0.15) is 0 Å². The van der Waals surface area contributed by atoms with E-state index >= 15 is 0 Å². The number of carbonyl (C=O) groups is 1. The van der Waals surface area contributed by atoms with Crippen molar-refractivity contribution in [2.24, 2.45) is 0 Å². The van der Waals surface area contributed by atoms with Crippen LogP contribution in [0.4, 0.5) is 5.95 Å². The molecule has 1 aromatic carbocycles. The Hall–Kier alpha value is -2.71. The Kier molecular flexibility index (Phi) is 6.20. The van der Waals surface area contributed by atoms with E-state index in [1.54, 1.807) is 24.3 Å². The Labute approximate surface area is 157 Å². The van der Waals surface area contributed by atoms with Crippen molar-refractivity contribution in [1.29, 1.82) is 0 Å². The highest BCUT2D eigenvalue weighted by Crippen LogP contribution is 2.18. The van der Waals surface area contributed by atoms with Crippen LogP contribution in [0.3, 0.4) is 0 Å². The van der Waals surface area contributed by atoms with Gasteiger partial charge in [-0.25, -0.2) is 4.98 Å². The zero-order valence-corrected chi connectivity index (χ0v) is 15.1. The molecule has 1 atom stereocenters. The van der Waals surface area contributed by atoms with Crippen molar-refractivity contribution in [2.45, 2.75) is 25.3 Å². The van der Waals surface area contributed by atoms with Crippen LogP contribution in [0.2, 0.25) is 0 Å². The van der Waals surface area contributed by atoms with Gasteiger partial charge in [0.1, 0.15) is 0 Å². The Morgan fingerprint density at radius 3 is 3.00 bits per heavy atom. The molecule has 0 radical (unpaired) electrons. The number of H-pyrrole nitrogens is 1. The van der Waals surface area contributed by atoms with Crippen LogP contribution in [0.15, 0.2) is 35.1 Å². The number of aromatic amines is 1. The number of aromatic nitrogens is 2. The number of rotatable bonds is 6. The molecule has 0 spiro atoms. The number of nitrogens with zero attached hydrogens (tertiary/aromatic N) is 2. The lowest BCUT2D eigenvalue weighted by Crippen LogP contribution is -2.45. The molecule has 1 unspecified atom stereocenters. The van der Waals surface area contributed by atoms with Crippen molar-refractivity contribution in [3.05, 3.63) is 46.2 Å². The smallest absolute Gasteiger partial charge is 0.252 e. The number of aliphatic hydroxyl groups is 1. The van der Waals surface area contributed by atoms with Crippen molar-refractivity contribution < 1.29 is 9.90 Å². The molecule has 8 nitrogen and oxygen atoms in total. The standard InChI is InChI=1S/C19H25N5O3/c20-19-22-16(11-17(26)23-19)13-4-3-5-14(10-13)18(27)21-7-9-24-8-2-1-6-15(24)12-25/h3-5,10-11,15,25H,1-2,6-9,12H2,(H,21,27)(H3,20,22,23,26). The molecule has 0 bridgehead atoms. The van der Waals surface area contributed by atoms with E-state index in [1.165, 1.54) is 6.07 Å². The van der Waals surface area contributed by atoms with Crippen LogP contribution in [-0.2, 0) is 0 Å². The van der Waals surface area contributed by atoms with Crippen molar-refractivity contribution in [1.82, 2.24) is 20.2 Å². The lowest BCUT2D eigenvalue weighted by molar-refractivity contribution is 0.0849. The summed E-state index contributed by atoms with van der Waals surface area (Å²) in [5.41, 5.74) is 6.81. The third kappa shape index (κ3) is 4.93. The van der Waals surface area contributed by atoms with Gasteiger partial charge in [-0.1, -0.05) is 18.6 Å². The summed E-state index contributed by atoms with van der Waals surface area (Å²) in [4.78, 5) is 32.8. The first kappa shape index (κ1) is 19.1. The topological polar surface area (TPSA) is 124 Å². The first-order chi connectivity index (χ1) is 13.1. The number of hydrogen-bond acceptors (Lipinski definition) is 6. The van der Waals surface area contributed by atoms with E-state index < -0.39 is 0 Å². The third-order valence-electron chi connectivity index (χ3n) is 4.82. The molecule has 8 heteroatoms. The summed E-state index contributed by atoms with van der Waals surface area (Å²) < 4.78 is 0. The van der Waals surface area contributed by atoms with Gasteiger partial charge in [-0.3, -0.25) is 19.5 Å². The molecule has 1 aromatic heterocycles. The summed E-state index contributed by atoms with van der Waals surface area (Å²) in [6.07, 6.45) is 3.26. The quantitative estimate of drug-likeness (QED) is 0.589. The minimum Gasteiger partial charge on any atom is -0.395 e. The average molecular weight is 371 g/mol. The van der Waals surface area contributed by atoms with Gasteiger partial charge in [-0.05, 0) is 31.5 Å². The molecule has 3 rings (SSSR count). The number of nitrogen functional groups attached to an aromatic ring is 1. The zero-order valence-electron chi connectivity index (χ0n) is 15.1. The van der Waals surface area contributed by atoms with E-state index in [4.69, 9.17) is 5.73 Å². The third-order valence-corrected chi connectivity index (χ3v) is 4.82. The molecular weight excluding hydrogens is 346 g/mol. The largest absolute Gasteiger partial charge is 0.395 e. The molecule has 144 valence electrons. The van der Waals surface area contributed by atoms with Crippen LogP contribution < -0.4 is 16.6 Å². The van der Waals surface area contributed by atoms with Crippen LogP contribution in [0.25, 0.3) is 11.3 Å². The van der Waals surface area contributed by atoms with Crippen LogP contribution in [-0.4, -0.2) is 58.2 Å².